The first kappa shape index (κ1) is 21.9. The summed E-state index contributed by atoms with van der Waals surface area (Å²) in [6, 6.07) is 13.4. The van der Waals surface area contributed by atoms with Gasteiger partial charge in [-0.15, -0.1) is 0 Å². The van der Waals surface area contributed by atoms with Crippen molar-refractivity contribution in [3.8, 4) is 0 Å². The maximum Gasteiger partial charge on any atom is 0.253 e. The second kappa shape index (κ2) is 9.71. The van der Waals surface area contributed by atoms with Crippen LogP contribution >= 0.6 is 0 Å². The first-order valence-corrected chi connectivity index (χ1v) is 11.0. The number of nitrogens with one attached hydrogen (secondary N) is 2. The highest BCUT2D eigenvalue weighted by Gasteiger charge is 2.15. The van der Waals surface area contributed by atoms with Crippen molar-refractivity contribution in [3.05, 3.63) is 59.2 Å². The van der Waals surface area contributed by atoms with Gasteiger partial charge in [0.15, 0.2) is 0 Å². The summed E-state index contributed by atoms with van der Waals surface area (Å²) >= 11 is 0. The second-order valence-corrected chi connectivity index (χ2v) is 9.11. The summed E-state index contributed by atoms with van der Waals surface area (Å²) in [7, 11) is -1.63. The lowest BCUT2D eigenvalue weighted by Crippen LogP contribution is -2.32. The van der Waals surface area contributed by atoms with E-state index in [0.717, 1.165) is 16.9 Å². The Morgan fingerprint density at radius 2 is 1.71 bits per heavy atom. The van der Waals surface area contributed by atoms with Crippen molar-refractivity contribution in [1.29, 1.82) is 0 Å². The summed E-state index contributed by atoms with van der Waals surface area (Å²) < 4.78 is 24.8. The first-order chi connectivity index (χ1) is 13.3. The standard InChI is InChI=1S/C21H29N3O3S/c1-5-28(26,27)24(4)15-9-14-22-21(25)18-11-6-7-12-20(18)23-19-13-8-10-16(2)17(19)3/h6-8,10-13,23H,5,9,14-15H2,1-4H3,(H,22,25). The Balaban J connectivity index is 2.00. The van der Waals surface area contributed by atoms with Gasteiger partial charge < -0.3 is 10.6 Å². The van der Waals surface area contributed by atoms with Crippen LogP contribution in [0.25, 0.3) is 0 Å². The molecule has 6 nitrogen and oxygen atoms in total. The fourth-order valence-corrected chi connectivity index (χ4v) is 3.63. The van der Waals surface area contributed by atoms with Gasteiger partial charge in [-0.25, -0.2) is 12.7 Å². The van der Waals surface area contributed by atoms with E-state index in [1.54, 1.807) is 20.0 Å². The Hall–Kier alpha value is -2.38. The van der Waals surface area contributed by atoms with Gasteiger partial charge in [0, 0.05) is 25.8 Å². The van der Waals surface area contributed by atoms with E-state index in [2.05, 4.69) is 23.6 Å². The molecule has 0 unspecified atom stereocenters. The molecule has 0 radical (unpaired) electrons. The highest BCUT2D eigenvalue weighted by atomic mass is 32.2. The van der Waals surface area contributed by atoms with E-state index in [0.29, 0.717) is 25.1 Å². The monoisotopic (exact) mass is 403 g/mol. The number of carbonyl (C=O) groups is 1. The Labute approximate surface area is 168 Å². The minimum Gasteiger partial charge on any atom is -0.355 e. The van der Waals surface area contributed by atoms with Gasteiger partial charge >= 0.3 is 0 Å². The zero-order valence-electron chi connectivity index (χ0n) is 17.0. The summed E-state index contributed by atoms with van der Waals surface area (Å²) in [5, 5.41) is 6.23. The summed E-state index contributed by atoms with van der Waals surface area (Å²) in [6.45, 7) is 6.49. The Morgan fingerprint density at radius 3 is 2.43 bits per heavy atom. The molecule has 152 valence electrons. The summed E-state index contributed by atoms with van der Waals surface area (Å²) in [5.41, 5.74) is 4.57. The highest BCUT2D eigenvalue weighted by molar-refractivity contribution is 7.89. The van der Waals surface area contributed by atoms with E-state index in [1.807, 2.05) is 37.3 Å². The maximum absolute atomic E-state index is 12.6. The Morgan fingerprint density at radius 1 is 1.04 bits per heavy atom. The zero-order chi connectivity index (χ0) is 20.7. The van der Waals surface area contributed by atoms with Crippen molar-refractivity contribution in [2.24, 2.45) is 0 Å². The van der Waals surface area contributed by atoms with E-state index in [1.165, 1.54) is 9.87 Å². The number of hydrogen-bond acceptors (Lipinski definition) is 4. The number of anilines is 2. The smallest absolute Gasteiger partial charge is 0.253 e. The van der Waals surface area contributed by atoms with Gasteiger partial charge in [0.05, 0.1) is 17.0 Å². The van der Waals surface area contributed by atoms with Gasteiger partial charge in [-0.1, -0.05) is 24.3 Å². The van der Waals surface area contributed by atoms with Crippen LogP contribution in [0.3, 0.4) is 0 Å². The topological polar surface area (TPSA) is 78.5 Å². The lowest BCUT2D eigenvalue weighted by molar-refractivity contribution is 0.0953. The van der Waals surface area contributed by atoms with Crippen LogP contribution in [-0.2, 0) is 10.0 Å². The van der Waals surface area contributed by atoms with E-state index in [4.69, 9.17) is 0 Å². The molecule has 0 aromatic heterocycles. The predicted molar refractivity (Wildman–Crippen MR) is 115 cm³/mol. The number of carbonyl (C=O) groups excluding carboxylic acids is 1. The molecule has 7 heteroatoms. The van der Waals surface area contributed by atoms with E-state index < -0.39 is 10.0 Å². The molecule has 0 aliphatic heterocycles. The predicted octanol–water partition coefficient (Wildman–Crippen LogP) is 3.45. The molecule has 0 atom stereocenters. The van der Waals surface area contributed by atoms with Crippen molar-refractivity contribution < 1.29 is 13.2 Å². The van der Waals surface area contributed by atoms with Crippen LogP contribution in [0, 0.1) is 13.8 Å². The molecule has 0 fully saturated rings. The molecule has 2 N–H and O–H groups in total. The van der Waals surface area contributed by atoms with Gasteiger partial charge in [0.25, 0.3) is 5.91 Å². The van der Waals surface area contributed by atoms with Crippen molar-refractivity contribution >= 4 is 27.3 Å². The lowest BCUT2D eigenvalue weighted by Gasteiger charge is -2.17. The van der Waals surface area contributed by atoms with Gasteiger partial charge in [0.2, 0.25) is 10.0 Å². The van der Waals surface area contributed by atoms with Crippen LogP contribution in [0.4, 0.5) is 11.4 Å². The van der Waals surface area contributed by atoms with Gasteiger partial charge in [-0.3, -0.25) is 4.79 Å². The fourth-order valence-electron chi connectivity index (χ4n) is 2.78. The molecule has 28 heavy (non-hydrogen) atoms. The third-order valence-electron chi connectivity index (χ3n) is 4.82. The lowest BCUT2D eigenvalue weighted by atomic mass is 10.1. The second-order valence-electron chi connectivity index (χ2n) is 6.75. The molecule has 0 saturated heterocycles. The number of rotatable bonds is 9. The third-order valence-corrected chi connectivity index (χ3v) is 6.68. The minimum absolute atomic E-state index is 0.0767. The molecule has 0 aliphatic rings. The number of amides is 1. The quantitative estimate of drug-likeness (QED) is 0.629. The molecular formula is C21H29N3O3S. The average Bonchev–Trinajstić information content (AvgIpc) is 2.68. The first-order valence-electron chi connectivity index (χ1n) is 9.40. The molecule has 2 aromatic rings. The third kappa shape index (κ3) is 5.56. The fraction of sp³-hybridized carbons (Fsp3) is 0.381. The van der Waals surface area contributed by atoms with Gasteiger partial charge in [0.1, 0.15) is 0 Å². The van der Waals surface area contributed by atoms with E-state index in [-0.39, 0.29) is 11.7 Å². The molecule has 1 amide bonds. The number of aryl methyl sites for hydroxylation is 1. The Bertz CT molecular complexity index is 926. The van der Waals surface area contributed by atoms with E-state index >= 15 is 0 Å². The molecule has 0 aliphatic carbocycles. The summed E-state index contributed by atoms with van der Waals surface area (Å²) in [6.07, 6.45) is 0.550. The van der Waals surface area contributed by atoms with Crippen molar-refractivity contribution in [2.45, 2.75) is 27.2 Å². The maximum atomic E-state index is 12.6. The molecule has 0 spiro atoms. The number of sulfonamides is 1. The Kier molecular flexibility index (Phi) is 7.60. The molecular weight excluding hydrogens is 374 g/mol. The molecule has 0 saturated carbocycles. The number of para-hydroxylation sites is 1. The normalized spacial score (nSPS) is 11.5. The van der Waals surface area contributed by atoms with Crippen LogP contribution in [0.1, 0.15) is 34.8 Å². The van der Waals surface area contributed by atoms with Crippen LogP contribution < -0.4 is 10.6 Å². The van der Waals surface area contributed by atoms with Crippen molar-refractivity contribution in [2.75, 3.05) is 31.2 Å². The highest BCUT2D eigenvalue weighted by Crippen LogP contribution is 2.25. The zero-order valence-corrected chi connectivity index (χ0v) is 17.8. The number of hydrogen-bond donors (Lipinski definition) is 2. The van der Waals surface area contributed by atoms with Crippen LogP contribution in [0.5, 0.6) is 0 Å². The molecule has 0 bridgehead atoms. The van der Waals surface area contributed by atoms with Crippen molar-refractivity contribution in [3.63, 3.8) is 0 Å². The van der Waals surface area contributed by atoms with Crippen LogP contribution in [0.15, 0.2) is 42.5 Å². The van der Waals surface area contributed by atoms with Gasteiger partial charge in [-0.05, 0) is 56.5 Å². The van der Waals surface area contributed by atoms with Gasteiger partial charge in [-0.2, -0.15) is 0 Å². The van der Waals surface area contributed by atoms with Crippen LogP contribution in [-0.4, -0.2) is 44.5 Å². The minimum atomic E-state index is -3.19. The molecule has 2 rings (SSSR count). The largest absolute Gasteiger partial charge is 0.355 e. The number of benzene rings is 2. The number of nitrogens with zero attached hydrogens (tertiary/aromatic N) is 1. The molecule has 0 heterocycles. The molecule has 2 aromatic carbocycles. The average molecular weight is 404 g/mol. The SMILES string of the molecule is CCS(=O)(=O)N(C)CCCNC(=O)c1ccccc1Nc1cccc(C)c1C. The van der Waals surface area contributed by atoms with Crippen molar-refractivity contribution in [1.82, 2.24) is 9.62 Å². The van der Waals surface area contributed by atoms with E-state index in [9.17, 15) is 13.2 Å². The van der Waals surface area contributed by atoms with Crippen LogP contribution in [0.2, 0.25) is 0 Å². The summed E-state index contributed by atoms with van der Waals surface area (Å²) in [5.74, 6) is -0.109. The summed E-state index contributed by atoms with van der Waals surface area (Å²) in [4.78, 5) is 12.6.